The predicted molar refractivity (Wildman–Crippen MR) is 79.2 cm³/mol. The molecule has 0 aromatic heterocycles. The molecule has 0 heterocycles. The number of carbonyl (C=O) groups excluding carboxylic acids is 1. The summed E-state index contributed by atoms with van der Waals surface area (Å²) in [5.74, 6) is 2.13. The third-order valence-electron chi connectivity index (χ3n) is 5.97. The van der Waals surface area contributed by atoms with Crippen molar-refractivity contribution < 1.29 is 9.90 Å². The number of aliphatic hydroxyl groups excluding tert-OH is 1. The van der Waals surface area contributed by atoms with Crippen LogP contribution in [0.25, 0.3) is 0 Å². The van der Waals surface area contributed by atoms with Crippen LogP contribution >= 0.6 is 0 Å². The molecule has 3 heteroatoms. The van der Waals surface area contributed by atoms with Crippen LogP contribution in [0, 0.1) is 17.8 Å². The minimum Gasteiger partial charge on any atom is -0.391 e. The van der Waals surface area contributed by atoms with Crippen molar-refractivity contribution in [3.63, 3.8) is 0 Å². The molecule has 0 aromatic carbocycles. The van der Waals surface area contributed by atoms with Gasteiger partial charge in [0, 0.05) is 5.92 Å². The van der Waals surface area contributed by atoms with Gasteiger partial charge in [0.25, 0.3) is 0 Å². The molecule has 0 spiro atoms. The molecule has 0 saturated heterocycles. The fraction of sp³-hybridized carbons (Fsp3) is 0.941. The van der Waals surface area contributed by atoms with Crippen LogP contribution in [-0.2, 0) is 4.79 Å². The first-order valence-corrected chi connectivity index (χ1v) is 8.72. The van der Waals surface area contributed by atoms with Crippen molar-refractivity contribution in [3.8, 4) is 0 Å². The van der Waals surface area contributed by atoms with Gasteiger partial charge < -0.3 is 10.4 Å². The summed E-state index contributed by atoms with van der Waals surface area (Å²) in [5, 5.41) is 13.1. The summed E-state index contributed by atoms with van der Waals surface area (Å²) in [6.07, 6.45) is 12.6. The van der Waals surface area contributed by atoms with E-state index in [1.807, 2.05) is 0 Å². The highest BCUT2D eigenvalue weighted by atomic mass is 16.3. The SMILES string of the molecule is O=C(NC1CCCCC1O)C1CCC2CCCCC2C1. The highest BCUT2D eigenvalue weighted by molar-refractivity contribution is 5.79. The quantitative estimate of drug-likeness (QED) is 0.816. The molecule has 3 aliphatic carbocycles. The van der Waals surface area contributed by atoms with Gasteiger partial charge in [0.2, 0.25) is 5.91 Å². The molecular weight excluding hydrogens is 250 g/mol. The number of nitrogens with one attached hydrogen (secondary N) is 1. The van der Waals surface area contributed by atoms with Gasteiger partial charge in [-0.15, -0.1) is 0 Å². The molecule has 114 valence electrons. The van der Waals surface area contributed by atoms with Crippen molar-refractivity contribution in [2.24, 2.45) is 17.8 Å². The van der Waals surface area contributed by atoms with Gasteiger partial charge in [-0.2, -0.15) is 0 Å². The van der Waals surface area contributed by atoms with Crippen molar-refractivity contribution in [1.82, 2.24) is 5.32 Å². The summed E-state index contributed by atoms with van der Waals surface area (Å²) in [7, 11) is 0. The molecule has 3 nitrogen and oxygen atoms in total. The van der Waals surface area contributed by atoms with Crippen molar-refractivity contribution in [1.29, 1.82) is 0 Å². The lowest BCUT2D eigenvalue weighted by atomic mass is 9.67. The van der Waals surface area contributed by atoms with E-state index in [-0.39, 0.29) is 24.0 Å². The van der Waals surface area contributed by atoms with Crippen molar-refractivity contribution in [3.05, 3.63) is 0 Å². The Balaban J connectivity index is 1.52. The van der Waals surface area contributed by atoms with E-state index < -0.39 is 0 Å². The molecule has 5 atom stereocenters. The zero-order chi connectivity index (χ0) is 13.9. The Morgan fingerprint density at radius 2 is 1.55 bits per heavy atom. The molecule has 5 unspecified atom stereocenters. The van der Waals surface area contributed by atoms with Gasteiger partial charge in [-0.3, -0.25) is 4.79 Å². The lowest BCUT2D eigenvalue weighted by molar-refractivity contribution is -0.129. The van der Waals surface area contributed by atoms with Gasteiger partial charge in [-0.05, 0) is 43.9 Å². The van der Waals surface area contributed by atoms with E-state index in [1.54, 1.807) is 0 Å². The van der Waals surface area contributed by atoms with Crippen LogP contribution in [0.2, 0.25) is 0 Å². The smallest absolute Gasteiger partial charge is 0.223 e. The number of amides is 1. The maximum atomic E-state index is 12.5. The van der Waals surface area contributed by atoms with Crippen molar-refractivity contribution in [2.45, 2.75) is 82.8 Å². The largest absolute Gasteiger partial charge is 0.391 e. The lowest BCUT2D eigenvalue weighted by Gasteiger charge is -2.39. The Bertz CT molecular complexity index is 344. The fourth-order valence-corrected chi connectivity index (χ4v) is 4.69. The van der Waals surface area contributed by atoms with Crippen LogP contribution < -0.4 is 5.32 Å². The second-order valence-electron chi connectivity index (χ2n) is 7.28. The van der Waals surface area contributed by atoms with E-state index in [0.29, 0.717) is 0 Å². The van der Waals surface area contributed by atoms with E-state index >= 15 is 0 Å². The van der Waals surface area contributed by atoms with Crippen LogP contribution in [0.15, 0.2) is 0 Å². The van der Waals surface area contributed by atoms with Crippen LogP contribution in [0.4, 0.5) is 0 Å². The maximum Gasteiger partial charge on any atom is 0.223 e. The summed E-state index contributed by atoms with van der Waals surface area (Å²) in [5.41, 5.74) is 0. The topological polar surface area (TPSA) is 49.3 Å². The van der Waals surface area contributed by atoms with Gasteiger partial charge in [-0.25, -0.2) is 0 Å². The molecule has 0 bridgehead atoms. The van der Waals surface area contributed by atoms with Gasteiger partial charge in [0.1, 0.15) is 0 Å². The van der Waals surface area contributed by atoms with E-state index in [2.05, 4.69) is 5.32 Å². The van der Waals surface area contributed by atoms with Gasteiger partial charge in [0.05, 0.1) is 12.1 Å². The molecule has 3 fully saturated rings. The molecule has 0 aliphatic heterocycles. The van der Waals surface area contributed by atoms with E-state index in [4.69, 9.17) is 0 Å². The molecule has 2 N–H and O–H groups in total. The summed E-state index contributed by atoms with van der Waals surface area (Å²) >= 11 is 0. The molecule has 3 rings (SSSR count). The third-order valence-corrected chi connectivity index (χ3v) is 5.97. The average Bonchev–Trinajstić information content (AvgIpc) is 2.49. The zero-order valence-corrected chi connectivity index (χ0v) is 12.5. The molecule has 0 aromatic rings. The summed E-state index contributed by atoms with van der Waals surface area (Å²) in [4.78, 5) is 12.5. The number of hydrogen-bond acceptors (Lipinski definition) is 2. The third kappa shape index (κ3) is 3.19. The number of carbonyl (C=O) groups is 1. The summed E-state index contributed by atoms with van der Waals surface area (Å²) in [6.45, 7) is 0. The van der Waals surface area contributed by atoms with Crippen molar-refractivity contribution >= 4 is 5.91 Å². The van der Waals surface area contributed by atoms with Crippen LogP contribution in [0.3, 0.4) is 0 Å². The highest BCUT2D eigenvalue weighted by Gasteiger charge is 2.36. The predicted octanol–water partition coefficient (Wildman–Crippen LogP) is 3.01. The van der Waals surface area contributed by atoms with E-state index in [0.717, 1.165) is 50.4 Å². The first-order valence-electron chi connectivity index (χ1n) is 8.72. The van der Waals surface area contributed by atoms with Gasteiger partial charge in [-0.1, -0.05) is 38.5 Å². The normalized spacial score (nSPS) is 41.8. The van der Waals surface area contributed by atoms with Crippen LogP contribution in [-0.4, -0.2) is 23.2 Å². The first kappa shape index (κ1) is 14.4. The Morgan fingerprint density at radius 3 is 2.35 bits per heavy atom. The van der Waals surface area contributed by atoms with Gasteiger partial charge in [0.15, 0.2) is 0 Å². The summed E-state index contributed by atoms with van der Waals surface area (Å²) < 4.78 is 0. The lowest BCUT2D eigenvalue weighted by Crippen LogP contribution is -2.48. The van der Waals surface area contributed by atoms with E-state index in [9.17, 15) is 9.90 Å². The Kier molecular flexibility index (Phi) is 4.65. The number of hydrogen-bond donors (Lipinski definition) is 2. The fourth-order valence-electron chi connectivity index (χ4n) is 4.69. The molecule has 20 heavy (non-hydrogen) atoms. The monoisotopic (exact) mass is 279 g/mol. The second kappa shape index (κ2) is 6.46. The number of rotatable bonds is 2. The molecule has 3 aliphatic rings. The van der Waals surface area contributed by atoms with Gasteiger partial charge >= 0.3 is 0 Å². The minimum atomic E-state index is -0.321. The van der Waals surface area contributed by atoms with Crippen LogP contribution in [0.5, 0.6) is 0 Å². The zero-order valence-electron chi connectivity index (χ0n) is 12.5. The Morgan fingerprint density at radius 1 is 0.850 bits per heavy atom. The first-order chi connectivity index (χ1) is 9.74. The standard InChI is InChI=1S/C17H29NO2/c19-16-8-4-3-7-15(16)18-17(20)14-10-9-12-5-1-2-6-13(12)11-14/h12-16,19H,1-11H2,(H,18,20). The van der Waals surface area contributed by atoms with Crippen molar-refractivity contribution in [2.75, 3.05) is 0 Å². The molecule has 0 radical (unpaired) electrons. The average molecular weight is 279 g/mol. The number of aliphatic hydroxyl groups is 1. The summed E-state index contributed by atoms with van der Waals surface area (Å²) in [6, 6.07) is 0.0142. The van der Waals surface area contributed by atoms with E-state index in [1.165, 1.54) is 32.1 Å². The molecule has 1 amide bonds. The molecular formula is C17H29NO2. The Labute approximate surface area is 122 Å². The Hall–Kier alpha value is -0.570. The maximum absolute atomic E-state index is 12.5. The minimum absolute atomic E-state index is 0.0142. The second-order valence-corrected chi connectivity index (χ2v) is 7.28. The highest BCUT2D eigenvalue weighted by Crippen LogP contribution is 2.42. The molecule has 3 saturated carbocycles. The number of fused-ring (bicyclic) bond motifs is 1. The van der Waals surface area contributed by atoms with Crippen LogP contribution in [0.1, 0.15) is 70.6 Å².